The van der Waals surface area contributed by atoms with E-state index < -0.39 is 16.5 Å². The molecule has 0 aliphatic carbocycles. The highest BCUT2D eigenvalue weighted by Gasteiger charge is 2.30. The molecule has 1 atom stereocenters. The highest BCUT2D eigenvalue weighted by molar-refractivity contribution is 7.82. The van der Waals surface area contributed by atoms with E-state index in [1.165, 1.54) is 0 Å². The first-order chi connectivity index (χ1) is 8.11. The van der Waals surface area contributed by atoms with E-state index in [4.69, 9.17) is 10.00 Å². The molecule has 0 amide bonds. The molecule has 0 radical (unpaired) electrons. The molecule has 0 bridgehead atoms. The Hall–Kier alpha value is -1.62. The Labute approximate surface area is 98.7 Å². The fourth-order valence-corrected chi connectivity index (χ4v) is 2.14. The van der Waals surface area contributed by atoms with E-state index in [0.717, 1.165) is 0 Å². The quantitative estimate of drug-likeness (QED) is 0.786. The summed E-state index contributed by atoms with van der Waals surface area (Å²) in [6, 6.07) is 8.64. The highest BCUT2D eigenvalue weighted by atomic mass is 32.3. The first-order valence-electron chi connectivity index (χ1n) is 4.80. The van der Waals surface area contributed by atoms with Gasteiger partial charge in [0.05, 0.1) is 12.2 Å². The number of hydrogen-bond acceptors (Lipinski definition) is 6. The zero-order chi connectivity index (χ0) is 12.3. The molecule has 1 fully saturated rings. The van der Waals surface area contributed by atoms with Crippen molar-refractivity contribution in [3.8, 4) is 11.8 Å². The molecule has 1 unspecified atom stereocenters. The third-order valence-corrected chi connectivity index (χ3v) is 3.02. The molecule has 1 heterocycles. The number of rotatable bonds is 3. The summed E-state index contributed by atoms with van der Waals surface area (Å²) < 4.78 is 35.9. The molecule has 90 valence electrons. The molecule has 2 rings (SSSR count). The molecule has 0 spiro atoms. The number of hydrogen-bond donors (Lipinski definition) is 0. The van der Waals surface area contributed by atoms with Gasteiger partial charge >= 0.3 is 10.4 Å². The Kier molecular flexibility index (Phi) is 3.28. The van der Waals surface area contributed by atoms with Crippen LogP contribution in [0.2, 0.25) is 0 Å². The SMILES string of the molecule is N#Cc1ccccc1OCC1COS(=O)(=O)O1. The molecule has 1 aromatic rings. The van der Waals surface area contributed by atoms with E-state index in [1.807, 2.05) is 6.07 Å². The van der Waals surface area contributed by atoms with Crippen molar-refractivity contribution in [1.82, 2.24) is 0 Å². The van der Waals surface area contributed by atoms with Crippen molar-refractivity contribution in [3.05, 3.63) is 29.8 Å². The van der Waals surface area contributed by atoms with Crippen molar-refractivity contribution in [2.75, 3.05) is 13.2 Å². The molecule has 1 aliphatic heterocycles. The second kappa shape index (κ2) is 4.71. The van der Waals surface area contributed by atoms with Gasteiger partial charge in [-0.25, -0.2) is 8.37 Å². The number of ether oxygens (including phenoxy) is 1. The van der Waals surface area contributed by atoms with Crippen molar-refractivity contribution < 1.29 is 21.5 Å². The molecule has 1 aliphatic rings. The Morgan fingerprint density at radius 3 is 2.88 bits per heavy atom. The third kappa shape index (κ3) is 2.94. The normalized spacial score (nSPS) is 21.9. The smallest absolute Gasteiger partial charge is 0.400 e. The summed E-state index contributed by atoms with van der Waals surface area (Å²) in [7, 11) is -3.86. The van der Waals surface area contributed by atoms with Crippen LogP contribution >= 0.6 is 0 Å². The average Bonchev–Trinajstić information content (AvgIpc) is 2.67. The van der Waals surface area contributed by atoms with Crippen molar-refractivity contribution >= 4 is 10.4 Å². The Morgan fingerprint density at radius 2 is 2.24 bits per heavy atom. The van der Waals surface area contributed by atoms with Crippen molar-refractivity contribution in [3.63, 3.8) is 0 Å². The molecule has 1 saturated heterocycles. The van der Waals surface area contributed by atoms with Crippen molar-refractivity contribution in [2.24, 2.45) is 0 Å². The summed E-state index contributed by atoms with van der Waals surface area (Å²) in [5.74, 6) is 0.392. The lowest BCUT2D eigenvalue weighted by molar-refractivity contribution is 0.149. The van der Waals surface area contributed by atoms with Gasteiger partial charge in [-0.15, -0.1) is 0 Å². The highest BCUT2D eigenvalue weighted by Crippen LogP contribution is 2.19. The van der Waals surface area contributed by atoms with Gasteiger partial charge in [-0.05, 0) is 12.1 Å². The summed E-state index contributed by atoms with van der Waals surface area (Å²) in [4.78, 5) is 0. The fraction of sp³-hybridized carbons (Fsp3) is 0.300. The first kappa shape index (κ1) is 11.9. The van der Waals surface area contributed by atoms with Crippen LogP contribution in [-0.4, -0.2) is 27.7 Å². The monoisotopic (exact) mass is 255 g/mol. The lowest BCUT2D eigenvalue weighted by Gasteiger charge is -2.09. The van der Waals surface area contributed by atoms with Crippen LogP contribution in [0.3, 0.4) is 0 Å². The van der Waals surface area contributed by atoms with E-state index in [9.17, 15) is 8.42 Å². The zero-order valence-corrected chi connectivity index (χ0v) is 9.51. The minimum atomic E-state index is -3.86. The molecule has 7 heteroatoms. The van der Waals surface area contributed by atoms with Crippen LogP contribution in [0.15, 0.2) is 24.3 Å². The molecule has 0 N–H and O–H groups in total. The first-order valence-corrected chi connectivity index (χ1v) is 6.13. The maximum Gasteiger partial charge on any atom is 0.400 e. The van der Waals surface area contributed by atoms with Gasteiger partial charge in [-0.3, -0.25) is 0 Å². The lowest BCUT2D eigenvalue weighted by atomic mass is 10.2. The van der Waals surface area contributed by atoms with Crippen LogP contribution in [0, 0.1) is 11.3 Å². The molecule has 0 aromatic heterocycles. The van der Waals surface area contributed by atoms with E-state index in [2.05, 4.69) is 8.37 Å². The summed E-state index contributed by atoms with van der Waals surface area (Å²) in [6.07, 6.45) is -0.674. The predicted octanol–water partition coefficient (Wildman–Crippen LogP) is 0.597. The van der Waals surface area contributed by atoms with E-state index in [0.29, 0.717) is 11.3 Å². The van der Waals surface area contributed by atoms with Gasteiger partial charge < -0.3 is 4.74 Å². The van der Waals surface area contributed by atoms with Gasteiger partial charge in [0.2, 0.25) is 0 Å². The van der Waals surface area contributed by atoms with Crippen molar-refractivity contribution in [1.29, 1.82) is 5.26 Å². The summed E-state index contributed by atoms with van der Waals surface area (Å²) in [6.45, 7) is -0.0605. The van der Waals surface area contributed by atoms with E-state index in [-0.39, 0.29) is 13.2 Å². The fourth-order valence-electron chi connectivity index (χ4n) is 1.32. The van der Waals surface area contributed by atoms with Crippen LogP contribution in [0.4, 0.5) is 0 Å². The summed E-state index contributed by atoms with van der Waals surface area (Å²) in [5, 5.41) is 8.81. The molecular weight excluding hydrogens is 246 g/mol. The largest absolute Gasteiger partial charge is 0.489 e. The van der Waals surface area contributed by atoms with E-state index in [1.54, 1.807) is 24.3 Å². The molecule has 0 saturated carbocycles. The predicted molar refractivity (Wildman–Crippen MR) is 56.4 cm³/mol. The summed E-state index contributed by atoms with van der Waals surface area (Å²) in [5.41, 5.74) is 0.384. The number of nitriles is 1. The lowest BCUT2D eigenvalue weighted by Crippen LogP contribution is -2.20. The number of para-hydroxylation sites is 1. The molecule has 1 aromatic carbocycles. The van der Waals surface area contributed by atoms with Gasteiger partial charge in [0.25, 0.3) is 0 Å². The Bertz CT molecular complexity index is 548. The van der Waals surface area contributed by atoms with Gasteiger partial charge in [0.1, 0.15) is 24.5 Å². The van der Waals surface area contributed by atoms with Crippen LogP contribution in [0.25, 0.3) is 0 Å². The second-order valence-corrected chi connectivity index (χ2v) is 4.57. The zero-order valence-electron chi connectivity index (χ0n) is 8.70. The number of nitrogens with zero attached hydrogens (tertiary/aromatic N) is 1. The van der Waals surface area contributed by atoms with Gasteiger partial charge in [-0.2, -0.15) is 13.7 Å². The third-order valence-electron chi connectivity index (χ3n) is 2.08. The van der Waals surface area contributed by atoms with Crippen LogP contribution < -0.4 is 4.74 Å². The van der Waals surface area contributed by atoms with Crippen LogP contribution in [0.1, 0.15) is 5.56 Å². The number of benzene rings is 1. The minimum Gasteiger partial charge on any atom is -0.489 e. The Balaban J connectivity index is 1.97. The maximum absolute atomic E-state index is 10.8. The Morgan fingerprint density at radius 1 is 1.47 bits per heavy atom. The summed E-state index contributed by atoms with van der Waals surface area (Å²) >= 11 is 0. The average molecular weight is 255 g/mol. The van der Waals surface area contributed by atoms with Gasteiger partial charge in [0, 0.05) is 0 Å². The molecular formula is C10H9NO5S. The maximum atomic E-state index is 10.8. The second-order valence-electron chi connectivity index (χ2n) is 3.33. The van der Waals surface area contributed by atoms with Crippen LogP contribution in [-0.2, 0) is 18.8 Å². The molecule has 6 nitrogen and oxygen atoms in total. The standard InChI is InChI=1S/C10H9NO5S/c11-5-8-3-1-2-4-10(8)14-6-9-7-15-17(12,13)16-9/h1-4,9H,6-7H2. The van der Waals surface area contributed by atoms with Crippen molar-refractivity contribution in [2.45, 2.75) is 6.10 Å². The van der Waals surface area contributed by atoms with Gasteiger partial charge in [0.15, 0.2) is 0 Å². The molecule has 17 heavy (non-hydrogen) atoms. The topological polar surface area (TPSA) is 85.6 Å². The van der Waals surface area contributed by atoms with Crippen LogP contribution in [0.5, 0.6) is 5.75 Å². The minimum absolute atomic E-state index is 0.0118. The van der Waals surface area contributed by atoms with E-state index >= 15 is 0 Å². The van der Waals surface area contributed by atoms with Gasteiger partial charge in [-0.1, -0.05) is 12.1 Å².